The van der Waals surface area contributed by atoms with Gasteiger partial charge >= 0.3 is 5.97 Å². The number of nitrogens with one attached hydrogen (secondary N) is 1. The predicted octanol–water partition coefficient (Wildman–Crippen LogP) is 4.90. The van der Waals surface area contributed by atoms with Gasteiger partial charge in [0.25, 0.3) is 0 Å². The molecular formula is C22H19NO4S. The van der Waals surface area contributed by atoms with Crippen molar-refractivity contribution in [2.75, 3.05) is 12.4 Å². The molecule has 1 aliphatic heterocycles. The zero-order chi connectivity index (χ0) is 19.8. The van der Waals surface area contributed by atoms with E-state index in [1.165, 1.54) is 11.3 Å². The van der Waals surface area contributed by atoms with Gasteiger partial charge in [-0.15, -0.1) is 11.3 Å². The van der Waals surface area contributed by atoms with Gasteiger partial charge in [0.05, 0.1) is 12.8 Å². The number of carboxylic acid groups (broad SMARTS) is 1. The number of amides is 1. The highest BCUT2D eigenvalue weighted by molar-refractivity contribution is 7.15. The van der Waals surface area contributed by atoms with Gasteiger partial charge in [0.1, 0.15) is 10.6 Å². The average molecular weight is 393 g/mol. The highest BCUT2D eigenvalue weighted by atomic mass is 32.1. The molecule has 2 aromatic carbocycles. The fourth-order valence-corrected chi connectivity index (χ4v) is 4.94. The van der Waals surface area contributed by atoms with Gasteiger partial charge in [0, 0.05) is 22.8 Å². The molecule has 1 aromatic heterocycles. The quantitative estimate of drug-likeness (QED) is 0.661. The lowest BCUT2D eigenvalue weighted by atomic mass is 9.86. The van der Waals surface area contributed by atoms with Crippen LogP contribution in [-0.2, 0) is 4.79 Å². The van der Waals surface area contributed by atoms with E-state index in [-0.39, 0.29) is 16.7 Å². The molecule has 0 spiro atoms. The SMILES string of the molecule is COc1ccc(-c2c(C(=O)O)sc3c2NC(=O)C[C@H]3c2ccccc2C)cc1. The molecule has 5 nitrogen and oxygen atoms in total. The molecule has 142 valence electrons. The molecule has 0 unspecified atom stereocenters. The van der Waals surface area contributed by atoms with Crippen molar-refractivity contribution in [3.8, 4) is 16.9 Å². The van der Waals surface area contributed by atoms with E-state index in [1.54, 1.807) is 19.2 Å². The molecule has 1 aliphatic rings. The average Bonchev–Trinajstić information content (AvgIpc) is 3.07. The Kier molecular flexibility index (Phi) is 4.65. The number of aromatic carboxylic acids is 1. The minimum atomic E-state index is -0.997. The molecule has 0 radical (unpaired) electrons. The second-order valence-corrected chi connectivity index (χ2v) is 7.79. The Labute approximate surface area is 166 Å². The van der Waals surface area contributed by atoms with E-state index in [1.807, 2.05) is 43.3 Å². The minimum absolute atomic E-state index is 0.106. The molecule has 1 atom stereocenters. The number of anilines is 1. The summed E-state index contributed by atoms with van der Waals surface area (Å²) in [5, 5.41) is 12.8. The lowest BCUT2D eigenvalue weighted by molar-refractivity contribution is -0.116. The summed E-state index contributed by atoms with van der Waals surface area (Å²) >= 11 is 1.24. The van der Waals surface area contributed by atoms with Crippen LogP contribution < -0.4 is 10.1 Å². The van der Waals surface area contributed by atoms with Crippen LogP contribution in [0.2, 0.25) is 0 Å². The number of aryl methyl sites for hydroxylation is 1. The maximum absolute atomic E-state index is 12.5. The van der Waals surface area contributed by atoms with Crippen LogP contribution >= 0.6 is 11.3 Å². The summed E-state index contributed by atoms with van der Waals surface area (Å²) in [6.07, 6.45) is 0.305. The monoisotopic (exact) mass is 393 g/mol. The first-order valence-electron chi connectivity index (χ1n) is 8.89. The van der Waals surface area contributed by atoms with Crippen molar-refractivity contribution in [2.24, 2.45) is 0 Å². The van der Waals surface area contributed by atoms with Gasteiger partial charge in [-0.25, -0.2) is 4.79 Å². The number of carbonyl (C=O) groups excluding carboxylic acids is 1. The molecule has 0 saturated heterocycles. The molecule has 3 aromatic rings. The third-order valence-electron chi connectivity index (χ3n) is 5.04. The van der Waals surface area contributed by atoms with Crippen LogP contribution in [0.5, 0.6) is 5.75 Å². The van der Waals surface area contributed by atoms with Crippen LogP contribution in [-0.4, -0.2) is 24.1 Å². The van der Waals surface area contributed by atoms with Crippen molar-refractivity contribution < 1.29 is 19.4 Å². The van der Waals surface area contributed by atoms with Crippen LogP contribution in [0.1, 0.15) is 38.0 Å². The lowest BCUT2D eigenvalue weighted by Crippen LogP contribution is -2.22. The van der Waals surface area contributed by atoms with E-state index in [9.17, 15) is 14.7 Å². The maximum atomic E-state index is 12.5. The number of methoxy groups -OCH3 is 1. The van der Waals surface area contributed by atoms with Crippen molar-refractivity contribution in [1.29, 1.82) is 0 Å². The maximum Gasteiger partial charge on any atom is 0.346 e. The Morgan fingerprint density at radius 2 is 1.89 bits per heavy atom. The van der Waals surface area contributed by atoms with Gasteiger partial charge in [0.15, 0.2) is 0 Å². The third-order valence-corrected chi connectivity index (χ3v) is 6.33. The summed E-state index contributed by atoms with van der Waals surface area (Å²) in [5.74, 6) is -0.570. The standard InChI is InChI=1S/C22H19NO4S/c1-12-5-3-4-6-15(12)16-11-17(24)23-19-18(21(22(25)26)28-20(16)19)13-7-9-14(27-2)10-8-13/h3-10,16H,11H2,1-2H3,(H,23,24)(H,25,26)/t16-/m0/s1. The molecule has 0 saturated carbocycles. The Morgan fingerprint density at radius 3 is 2.54 bits per heavy atom. The number of hydrogen-bond donors (Lipinski definition) is 2. The Balaban J connectivity index is 1.93. The molecule has 1 amide bonds. The second-order valence-electron chi connectivity index (χ2n) is 6.74. The zero-order valence-electron chi connectivity index (χ0n) is 15.5. The van der Waals surface area contributed by atoms with Crippen molar-refractivity contribution in [1.82, 2.24) is 0 Å². The van der Waals surface area contributed by atoms with E-state index in [4.69, 9.17) is 4.74 Å². The highest BCUT2D eigenvalue weighted by Gasteiger charge is 2.34. The van der Waals surface area contributed by atoms with Gasteiger partial charge in [-0.3, -0.25) is 4.79 Å². The number of carboxylic acids is 1. The van der Waals surface area contributed by atoms with Crippen molar-refractivity contribution in [2.45, 2.75) is 19.3 Å². The normalized spacial score (nSPS) is 15.6. The van der Waals surface area contributed by atoms with Gasteiger partial charge in [-0.05, 0) is 35.7 Å². The molecule has 2 heterocycles. The number of carbonyl (C=O) groups is 2. The Hall–Kier alpha value is -3.12. The van der Waals surface area contributed by atoms with E-state index < -0.39 is 5.97 Å². The summed E-state index contributed by atoms with van der Waals surface area (Å²) in [6, 6.07) is 15.1. The summed E-state index contributed by atoms with van der Waals surface area (Å²) in [6.45, 7) is 2.01. The zero-order valence-corrected chi connectivity index (χ0v) is 16.3. The van der Waals surface area contributed by atoms with Crippen LogP contribution in [0.25, 0.3) is 11.1 Å². The molecule has 0 aliphatic carbocycles. The topological polar surface area (TPSA) is 75.6 Å². The number of thiophene rings is 1. The van der Waals surface area contributed by atoms with E-state index in [0.717, 1.165) is 21.6 Å². The number of fused-ring (bicyclic) bond motifs is 1. The van der Waals surface area contributed by atoms with Crippen LogP contribution in [0.15, 0.2) is 48.5 Å². The van der Waals surface area contributed by atoms with Gasteiger partial charge in [-0.1, -0.05) is 36.4 Å². The summed E-state index contributed by atoms with van der Waals surface area (Å²) in [4.78, 5) is 25.6. The van der Waals surface area contributed by atoms with Crippen LogP contribution in [0, 0.1) is 6.92 Å². The van der Waals surface area contributed by atoms with Gasteiger partial charge in [0.2, 0.25) is 5.91 Å². The fraction of sp³-hybridized carbons (Fsp3) is 0.182. The molecule has 2 N–H and O–H groups in total. The van der Waals surface area contributed by atoms with E-state index in [0.29, 0.717) is 23.4 Å². The van der Waals surface area contributed by atoms with E-state index in [2.05, 4.69) is 5.32 Å². The molecule has 4 rings (SSSR count). The molecule has 0 fully saturated rings. The van der Waals surface area contributed by atoms with Crippen molar-refractivity contribution in [3.63, 3.8) is 0 Å². The summed E-state index contributed by atoms with van der Waals surface area (Å²) < 4.78 is 5.20. The Morgan fingerprint density at radius 1 is 1.18 bits per heavy atom. The van der Waals surface area contributed by atoms with Crippen LogP contribution in [0.4, 0.5) is 5.69 Å². The largest absolute Gasteiger partial charge is 0.497 e. The molecule has 28 heavy (non-hydrogen) atoms. The lowest BCUT2D eigenvalue weighted by Gasteiger charge is -2.25. The van der Waals surface area contributed by atoms with E-state index >= 15 is 0 Å². The predicted molar refractivity (Wildman–Crippen MR) is 110 cm³/mol. The smallest absolute Gasteiger partial charge is 0.346 e. The molecule has 6 heteroatoms. The number of hydrogen-bond acceptors (Lipinski definition) is 4. The van der Waals surface area contributed by atoms with Crippen molar-refractivity contribution >= 4 is 28.9 Å². The number of benzene rings is 2. The minimum Gasteiger partial charge on any atom is -0.497 e. The number of ether oxygens (including phenoxy) is 1. The molecule has 0 bridgehead atoms. The number of rotatable bonds is 4. The second kappa shape index (κ2) is 7.13. The van der Waals surface area contributed by atoms with Crippen molar-refractivity contribution in [3.05, 3.63) is 69.4 Å². The first-order valence-corrected chi connectivity index (χ1v) is 9.71. The summed E-state index contributed by atoms with van der Waals surface area (Å²) in [5.41, 5.74) is 4.04. The first kappa shape index (κ1) is 18.3. The third kappa shape index (κ3) is 3.05. The van der Waals surface area contributed by atoms with Crippen LogP contribution in [0.3, 0.4) is 0 Å². The highest BCUT2D eigenvalue weighted by Crippen LogP contribution is 2.49. The molecular weight excluding hydrogens is 374 g/mol. The summed E-state index contributed by atoms with van der Waals surface area (Å²) in [7, 11) is 1.58. The fourth-order valence-electron chi connectivity index (χ4n) is 3.70. The van der Waals surface area contributed by atoms with Gasteiger partial charge < -0.3 is 15.2 Å². The van der Waals surface area contributed by atoms with Gasteiger partial charge in [-0.2, -0.15) is 0 Å². The Bertz CT molecular complexity index is 1070. The first-order chi connectivity index (χ1) is 13.5.